The first-order chi connectivity index (χ1) is 14.3. The van der Waals surface area contributed by atoms with E-state index in [4.69, 9.17) is 0 Å². The van der Waals surface area contributed by atoms with Crippen molar-refractivity contribution in [3.05, 3.63) is 58.7 Å². The third-order valence-electron chi connectivity index (χ3n) is 6.38. The molecular formula is C23H26FN3O3. The van der Waals surface area contributed by atoms with Crippen LogP contribution in [0.5, 0.6) is 0 Å². The van der Waals surface area contributed by atoms with Gasteiger partial charge in [0.15, 0.2) is 5.78 Å². The Morgan fingerprint density at radius 2 is 1.77 bits per heavy atom. The number of aryl methyl sites for hydroxylation is 1. The van der Waals surface area contributed by atoms with Gasteiger partial charge < -0.3 is 9.88 Å². The number of benzene rings is 1. The van der Waals surface area contributed by atoms with Gasteiger partial charge in [-0.3, -0.25) is 14.5 Å². The van der Waals surface area contributed by atoms with Crippen molar-refractivity contribution >= 4 is 17.7 Å². The van der Waals surface area contributed by atoms with Crippen LogP contribution in [-0.4, -0.2) is 39.3 Å². The Hall–Kier alpha value is -2.96. The van der Waals surface area contributed by atoms with E-state index in [0.29, 0.717) is 24.9 Å². The zero-order chi connectivity index (χ0) is 21.5. The van der Waals surface area contributed by atoms with Crippen molar-refractivity contribution in [2.45, 2.75) is 58.0 Å². The summed E-state index contributed by atoms with van der Waals surface area (Å²) in [6, 6.07) is 7.56. The summed E-state index contributed by atoms with van der Waals surface area (Å²) in [4.78, 5) is 39.5. The van der Waals surface area contributed by atoms with Crippen LogP contribution in [0.1, 0.15) is 59.4 Å². The number of halogens is 1. The number of carbonyl (C=O) groups excluding carboxylic acids is 3. The Balaban J connectivity index is 1.52. The van der Waals surface area contributed by atoms with E-state index in [-0.39, 0.29) is 24.1 Å². The van der Waals surface area contributed by atoms with Crippen LogP contribution >= 0.6 is 0 Å². The van der Waals surface area contributed by atoms with Gasteiger partial charge >= 0.3 is 6.03 Å². The second-order valence-electron chi connectivity index (χ2n) is 8.38. The van der Waals surface area contributed by atoms with Gasteiger partial charge in [0, 0.05) is 23.5 Å². The van der Waals surface area contributed by atoms with Crippen molar-refractivity contribution in [3.8, 4) is 0 Å². The lowest BCUT2D eigenvalue weighted by Crippen LogP contribution is -2.48. The standard InChI is InChI=1S/C23H26FN3O3/c1-15-12-19(16(2)26(15)13-17-6-8-18(24)9-7-17)20(28)14-27-21(29)23(25-22(27)30)10-4-3-5-11-23/h6-9,12H,3-5,10-11,13-14H2,1-2H3,(H,25,30). The highest BCUT2D eigenvalue weighted by atomic mass is 19.1. The first-order valence-electron chi connectivity index (χ1n) is 10.4. The van der Waals surface area contributed by atoms with E-state index in [1.165, 1.54) is 12.1 Å². The summed E-state index contributed by atoms with van der Waals surface area (Å²) in [6.07, 6.45) is 4.13. The zero-order valence-electron chi connectivity index (χ0n) is 17.3. The Kier molecular flexibility index (Phi) is 5.22. The second-order valence-corrected chi connectivity index (χ2v) is 8.38. The number of Topliss-reactive ketones (excluding diaryl/α,β-unsaturated/α-hetero) is 1. The summed E-state index contributed by atoms with van der Waals surface area (Å²) in [5, 5.41) is 2.84. The van der Waals surface area contributed by atoms with Gasteiger partial charge in [-0.05, 0) is 50.5 Å². The summed E-state index contributed by atoms with van der Waals surface area (Å²) in [5.41, 5.74) is 2.25. The van der Waals surface area contributed by atoms with E-state index in [1.54, 1.807) is 18.2 Å². The Bertz CT molecular complexity index is 1000. The number of hydrogen-bond acceptors (Lipinski definition) is 3. The highest BCUT2D eigenvalue weighted by molar-refractivity contribution is 6.11. The normalized spacial score (nSPS) is 18.2. The molecule has 1 saturated carbocycles. The van der Waals surface area contributed by atoms with Crippen LogP contribution < -0.4 is 5.32 Å². The molecule has 3 amide bonds. The number of imide groups is 1. The van der Waals surface area contributed by atoms with E-state index in [0.717, 1.165) is 41.1 Å². The van der Waals surface area contributed by atoms with Crippen molar-refractivity contribution in [2.75, 3.05) is 6.54 Å². The van der Waals surface area contributed by atoms with Crippen LogP contribution in [0.2, 0.25) is 0 Å². The Labute approximate surface area is 175 Å². The van der Waals surface area contributed by atoms with Crippen molar-refractivity contribution in [3.63, 3.8) is 0 Å². The van der Waals surface area contributed by atoms with E-state index in [9.17, 15) is 18.8 Å². The minimum absolute atomic E-state index is 0.257. The van der Waals surface area contributed by atoms with Crippen LogP contribution in [0.4, 0.5) is 9.18 Å². The summed E-state index contributed by atoms with van der Waals surface area (Å²) in [7, 11) is 0. The molecule has 0 unspecified atom stereocenters. The molecule has 1 aromatic heterocycles. The molecule has 158 valence electrons. The number of amides is 3. The smallest absolute Gasteiger partial charge is 0.325 e. The van der Waals surface area contributed by atoms with E-state index in [1.807, 2.05) is 18.4 Å². The van der Waals surface area contributed by atoms with Gasteiger partial charge in [0.05, 0.1) is 6.54 Å². The summed E-state index contributed by atoms with van der Waals surface area (Å²) in [6.45, 7) is 4.00. The predicted molar refractivity (Wildman–Crippen MR) is 110 cm³/mol. The monoisotopic (exact) mass is 411 g/mol. The summed E-state index contributed by atoms with van der Waals surface area (Å²) < 4.78 is 15.1. The molecule has 2 heterocycles. The van der Waals surface area contributed by atoms with Crippen molar-refractivity contribution in [2.24, 2.45) is 0 Å². The molecule has 1 aliphatic heterocycles. The number of nitrogens with one attached hydrogen (secondary N) is 1. The van der Waals surface area contributed by atoms with Gasteiger partial charge in [-0.2, -0.15) is 0 Å². The molecule has 2 aromatic rings. The molecule has 4 rings (SSSR count). The number of ketones is 1. The molecule has 0 atom stereocenters. The average molecular weight is 411 g/mol. The summed E-state index contributed by atoms with van der Waals surface area (Å²) >= 11 is 0. The molecule has 7 heteroatoms. The quantitative estimate of drug-likeness (QED) is 0.602. The molecule has 2 aliphatic rings. The molecule has 1 aliphatic carbocycles. The molecular weight excluding hydrogens is 385 g/mol. The van der Waals surface area contributed by atoms with Gasteiger partial charge in [-0.15, -0.1) is 0 Å². The van der Waals surface area contributed by atoms with Gasteiger partial charge in [0.2, 0.25) is 0 Å². The first-order valence-corrected chi connectivity index (χ1v) is 10.4. The maximum Gasteiger partial charge on any atom is 0.325 e. The minimum atomic E-state index is -0.824. The van der Waals surface area contributed by atoms with Crippen LogP contribution in [0.3, 0.4) is 0 Å². The van der Waals surface area contributed by atoms with Gasteiger partial charge in [-0.25, -0.2) is 9.18 Å². The molecule has 30 heavy (non-hydrogen) atoms. The van der Waals surface area contributed by atoms with Crippen molar-refractivity contribution in [1.29, 1.82) is 0 Å². The van der Waals surface area contributed by atoms with Crippen LogP contribution in [-0.2, 0) is 11.3 Å². The SMILES string of the molecule is Cc1cc(C(=O)CN2C(=O)NC3(CCCCC3)C2=O)c(C)n1Cc1ccc(F)cc1. The van der Waals surface area contributed by atoms with Crippen LogP contribution in [0, 0.1) is 19.7 Å². The summed E-state index contributed by atoms with van der Waals surface area (Å²) in [5.74, 6) is -0.828. The lowest BCUT2D eigenvalue weighted by Gasteiger charge is -2.30. The predicted octanol–water partition coefficient (Wildman–Crippen LogP) is 3.73. The maximum absolute atomic E-state index is 13.2. The fourth-order valence-corrected chi connectivity index (χ4v) is 4.64. The van der Waals surface area contributed by atoms with Crippen molar-refractivity contribution < 1.29 is 18.8 Å². The lowest BCUT2D eigenvalue weighted by atomic mass is 9.82. The third-order valence-corrected chi connectivity index (χ3v) is 6.38. The first kappa shape index (κ1) is 20.3. The van der Waals surface area contributed by atoms with Gasteiger partial charge in [-0.1, -0.05) is 31.4 Å². The van der Waals surface area contributed by atoms with Gasteiger partial charge in [0.1, 0.15) is 11.4 Å². The van der Waals surface area contributed by atoms with E-state index in [2.05, 4.69) is 5.32 Å². The number of carbonyl (C=O) groups is 3. The lowest BCUT2D eigenvalue weighted by molar-refractivity contribution is -0.132. The molecule has 0 bridgehead atoms. The number of urea groups is 1. The number of aromatic nitrogens is 1. The molecule has 1 aromatic carbocycles. The number of rotatable bonds is 5. The Morgan fingerprint density at radius 3 is 2.43 bits per heavy atom. The number of hydrogen-bond donors (Lipinski definition) is 1. The highest BCUT2D eigenvalue weighted by Crippen LogP contribution is 2.33. The molecule has 2 fully saturated rings. The molecule has 1 spiro atoms. The maximum atomic E-state index is 13.2. The highest BCUT2D eigenvalue weighted by Gasteiger charge is 2.51. The van der Waals surface area contributed by atoms with Crippen LogP contribution in [0.25, 0.3) is 0 Å². The minimum Gasteiger partial charge on any atom is -0.344 e. The fourth-order valence-electron chi connectivity index (χ4n) is 4.64. The van der Waals surface area contributed by atoms with E-state index < -0.39 is 11.6 Å². The fraction of sp³-hybridized carbons (Fsp3) is 0.435. The third kappa shape index (κ3) is 3.53. The Morgan fingerprint density at radius 1 is 1.10 bits per heavy atom. The average Bonchev–Trinajstić information content (AvgIpc) is 3.12. The van der Waals surface area contributed by atoms with Crippen LogP contribution in [0.15, 0.2) is 30.3 Å². The van der Waals surface area contributed by atoms with Crippen molar-refractivity contribution in [1.82, 2.24) is 14.8 Å². The molecule has 1 N–H and O–H groups in total. The largest absolute Gasteiger partial charge is 0.344 e. The molecule has 1 saturated heterocycles. The molecule has 0 radical (unpaired) electrons. The van der Waals surface area contributed by atoms with E-state index >= 15 is 0 Å². The topological polar surface area (TPSA) is 71.4 Å². The zero-order valence-corrected chi connectivity index (χ0v) is 17.3. The second kappa shape index (κ2) is 7.70. The van der Waals surface area contributed by atoms with Gasteiger partial charge in [0.25, 0.3) is 5.91 Å². The molecule has 6 nitrogen and oxygen atoms in total. The number of nitrogens with zero attached hydrogens (tertiary/aromatic N) is 2.